The van der Waals surface area contributed by atoms with Crippen molar-refractivity contribution >= 4 is 0 Å². The Morgan fingerprint density at radius 3 is 2.87 bits per heavy atom. The quantitative estimate of drug-likeness (QED) is 0.685. The zero-order valence-electron chi connectivity index (χ0n) is 9.76. The van der Waals surface area contributed by atoms with Gasteiger partial charge in [-0.15, -0.1) is 6.42 Å². The lowest BCUT2D eigenvalue weighted by molar-refractivity contribution is 0.216. The van der Waals surface area contributed by atoms with Gasteiger partial charge in [0.15, 0.2) is 0 Å². The summed E-state index contributed by atoms with van der Waals surface area (Å²) in [7, 11) is 0. The smallest absolute Gasteiger partial charge is 0.0599 e. The molecule has 0 spiro atoms. The average Bonchev–Trinajstić information content (AvgIpc) is 2.89. The molecule has 0 amide bonds. The number of hydrogen-bond donors (Lipinski definition) is 1. The van der Waals surface area contributed by atoms with Crippen LogP contribution in [-0.2, 0) is 0 Å². The molecule has 0 aromatic carbocycles. The van der Waals surface area contributed by atoms with Crippen LogP contribution in [0.5, 0.6) is 0 Å². The number of hydrogen-bond acceptors (Lipinski definition) is 2. The van der Waals surface area contributed by atoms with Gasteiger partial charge >= 0.3 is 0 Å². The van der Waals surface area contributed by atoms with Gasteiger partial charge in [-0.3, -0.25) is 4.90 Å². The van der Waals surface area contributed by atoms with E-state index in [0.29, 0.717) is 5.54 Å². The highest BCUT2D eigenvalue weighted by atomic mass is 15.2. The van der Waals surface area contributed by atoms with Crippen LogP contribution in [0.4, 0.5) is 0 Å². The number of nitrogens with one attached hydrogen (secondary N) is 1. The van der Waals surface area contributed by atoms with Crippen LogP contribution in [0, 0.1) is 18.3 Å². The fourth-order valence-electron chi connectivity index (χ4n) is 2.57. The first kappa shape index (κ1) is 11.0. The van der Waals surface area contributed by atoms with Gasteiger partial charge in [0.05, 0.1) is 6.54 Å². The van der Waals surface area contributed by atoms with Crippen LogP contribution < -0.4 is 5.32 Å². The summed E-state index contributed by atoms with van der Waals surface area (Å²) in [6.45, 7) is 6.64. The molecule has 1 atom stereocenters. The van der Waals surface area contributed by atoms with Crippen molar-refractivity contribution in [3.05, 3.63) is 0 Å². The largest absolute Gasteiger partial charge is 0.310 e. The molecule has 0 bridgehead atoms. The van der Waals surface area contributed by atoms with Crippen molar-refractivity contribution in [1.82, 2.24) is 10.2 Å². The third-order valence-electron chi connectivity index (χ3n) is 3.56. The van der Waals surface area contributed by atoms with Crippen LogP contribution in [0.1, 0.15) is 32.6 Å². The predicted octanol–water partition coefficient (Wildman–Crippen LogP) is 1.47. The van der Waals surface area contributed by atoms with E-state index in [1.54, 1.807) is 0 Å². The summed E-state index contributed by atoms with van der Waals surface area (Å²) in [4.78, 5) is 2.45. The summed E-state index contributed by atoms with van der Waals surface area (Å²) in [6.07, 6.45) is 10.8. The SMILES string of the molecule is C#CCN(CC1CC1)CC1(C)CCCN1. The highest BCUT2D eigenvalue weighted by Crippen LogP contribution is 2.30. The van der Waals surface area contributed by atoms with Gasteiger partial charge in [-0.1, -0.05) is 5.92 Å². The molecule has 2 nitrogen and oxygen atoms in total. The molecule has 1 aliphatic carbocycles. The summed E-state index contributed by atoms with van der Waals surface area (Å²) < 4.78 is 0. The normalized spacial score (nSPS) is 30.7. The fourth-order valence-corrected chi connectivity index (χ4v) is 2.57. The van der Waals surface area contributed by atoms with Crippen LogP contribution in [-0.4, -0.2) is 36.6 Å². The minimum Gasteiger partial charge on any atom is -0.310 e. The molecule has 84 valence electrons. The Balaban J connectivity index is 1.84. The van der Waals surface area contributed by atoms with Gasteiger partial charge in [0.25, 0.3) is 0 Å². The Hall–Kier alpha value is -0.520. The minimum atomic E-state index is 0.311. The maximum absolute atomic E-state index is 5.43. The average molecular weight is 206 g/mol. The molecule has 2 heteroatoms. The van der Waals surface area contributed by atoms with Gasteiger partial charge < -0.3 is 5.32 Å². The Kier molecular flexibility index (Phi) is 3.33. The molecular formula is C13H22N2. The van der Waals surface area contributed by atoms with Gasteiger partial charge in [-0.25, -0.2) is 0 Å². The first-order chi connectivity index (χ1) is 7.22. The Morgan fingerprint density at radius 1 is 1.53 bits per heavy atom. The topological polar surface area (TPSA) is 15.3 Å². The van der Waals surface area contributed by atoms with Crippen molar-refractivity contribution in [1.29, 1.82) is 0 Å². The predicted molar refractivity (Wildman–Crippen MR) is 63.6 cm³/mol. The van der Waals surface area contributed by atoms with Gasteiger partial charge in [0.1, 0.15) is 0 Å². The molecule has 0 aromatic heterocycles. The summed E-state index contributed by atoms with van der Waals surface area (Å²) in [6, 6.07) is 0. The molecule has 1 heterocycles. The van der Waals surface area contributed by atoms with Crippen LogP contribution in [0.25, 0.3) is 0 Å². The van der Waals surface area contributed by atoms with Gasteiger partial charge in [0, 0.05) is 18.6 Å². The highest BCUT2D eigenvalue weighted by Gasteiger charge is 2.32. The summed E-state index contributed by atoms with van der Waals surface area (Å²) in [5.41, 5.74) is 0.311. The van der Waals surface area contributed by atoms with E-state index in [-0.39, 0.29) is 0 Å². The Bertz CT molecular complexity index is 244. The molecule has 15 heavy (non-hydrogen) atoms. The van der Waals surface area contributed by atoms with E-state index in [1.165, 1.54) is 38.8 Å². The van der Waals surface area contributed by atoms with E-state index < -0.39 is 0 Å². The molecule has 1 unspecified atom stereocenters. The Labute approximate surface area is 93.4 Å². The summed E-state index contributed by atoms with van der Waals surface area (Å²) in [5.74, 6) is 3.72. The van der Waals surface area contributed by atoms with E-state index in [0.717, 1.165) is 19.0 Å². The lowest BCUT2D eigenvalue weighted by Crippen LogP contribution is -2.48. The summed E-state index contributed by atoms with van der Waals surface area (Å²) >= 11 is 0. The molecule has 1 N–H and O–H groups in total. The molecule has 1 saturated heterocycles. The van der Waals surface area contributed by atoms with Crippen molar-refractivity contribution in [2.45, 2.75) is 38.1 Å². The molecule has 0 radical (unpaired) electrons. The number of nitrogens with zero attached hydrogens (tertiary/aromatic N) is 1. The van der Waals surface area contributed by atoms with Crippen molar-refractivity contribution < 1.29 is 0 Å². The number of rotatable bonds is 5. The molecule has 2 rings (SSSR count). The third-order valence-corrected chi connectivity index (χ3v) is 3.56. The molecule has 2 fully saturated rings. The maximum atomic E-state index is 5.43. The second kappa shape index (κ2) is 4.55. The van der Waals surface area contributed by atoms with Crippen molar-refractivity contribution in [2.24, 2.45) is 5.92 Å². The maximum Gasteiger partial charge on any atom is 0.0599 e. The highest BCUT2D eigenvalue weighted by molar-refractivity contribution is 4.96. The lowest BCUT2D eigenvalue weighted by Gasteiger charge is -2.31. The van der Waals surface area contributed by atoms with Gasteiger partial charge in [-0.05, 0) is 45.1 Å². The standard InChI is InChI=1S/C13H22N2/c1-3-9-15(10-12-5-6-12)11-13(2)7-4-8-14-13/h1,12,14H,4-11H2,2H3. The molecular weight excluding hydrogens is 184 g/mol. The minimum absolute atomic E-state index is 0.311. The van der Waals surface area contributed by atoms with Crippen molar-refractivity contribution in [2.75, 3.05) is 26.2 Å². The second-order valence-electron chi connectivity index (χ2n) is 5.41. The van der Waals surface area contributed by atoms with E-state index >= 15 is 0 Å². The van der Waals surface area contributed by atoms with Crippen molar-refractivity contribution in [3.63, 3.8) is 0 Å². The van der Waals surface area contributed by atoms with Crippen molar-refractivity contribution in [3.8, 4) is 12.3 Å². The van der Waals surface area contributed by atoms with E-state index in [2.05, 4.69) is 23.1 Å². The first-order valence-electron chi connectivity index (χ1n) is 6.13. The molecule has 2 aliphatic rings. The Morgan fingerprint density at radius 2 is 2.33 bits per heavy atom. The zero-order chi connectivity index (χ0) is 10.7. The van der Waals surface area contributed by atoms with Crippen LogP contribution >= 0.6 is 0 Å². The van der Waals surface area contributed by atoms with E-state index in [1.807, 2.05) is 0 Å². The van der Waals surface area contributed by atoms with Gasteiger partial charge in [-0.2, -0.15) is 0 Å². The molecule has 1 aliphatic heterocycles. The molecule has 0 aromatic rings. The molecule has 1 saturated carbocycles. The van der Waals surface area contributed by atoms with E-state index in [9.17, 15) is 0 Å². The number of terminal acetylenes is 1. The fraction of sp³-hybridized carbons (Fsp3) is 0.846. The first-order valence-corrected chi connectivity index (χ1v) is 6.13. The second-order valence-corrected chi connectivity index (χ2v) is 5.41. The van der Waals surface area contributed by atoms with Gasteiger partial charge in [0.2, 0.25) is 0 Å². The zero-order valence-corrected chi connectivity index (χ0v) is 9.76. The van der Waals surface area contributed by atoms with E-state index in [4.69, 9.17) is 6.42 Å². The third kappa shape index (κ3) is 3.22. The summed E-state index contributed by atoms with van der Waals surface area (Å²) in [5, 5.41) is 3.61. The monoisotopic (exact) mass is 206 g/mol. The van der Waals surface area contributed by atoms with Crippen LogP contribution in [0.3, 0.4) is 0 Å². The lowest BCUT2D eigenvalue weighted by atomic mass is 9.99. The van der Waals surface area contributed by atoms with Crippen LogP contribution in [0.15, 0.2) is 0 Å². The van der Waals surface area contributed by atoms with Crippen LogP contribution in [0.2, 0.25) is 0 Å².